The normalized spacial score (nSPS) is 17.0. The number of nitrogens with one attached hydrogen (secondary N) is 1. The Balaban J connectivity index is 1.20. The van der Waals surface area contributed by atoms with Gasteiger partial charge in [0.1, 0.15) is 12.1 Å². The Morgan fingerprint density at radius 1 is 1.11 bits per heavy atom. The number of aliphatic imine (C=N–C) groups is 1. The minimum atomic E-state index is -4.75. The molecule has 2 unspecified atom stereocenters. The van der Waals surface area contributed by atoms with Gasteiger partial charge in [-0.1, -0.05) is 68.1 Å². The summed E-state index contributed by atoms with van der Waals surface area (Å²) in [4.78, 5) is 23.9. The number of hydrogen-bond acceptors (Lipinski definition) is 5. The van der Waals surface area contributed by atoms with Crippen LogP contribution in [-0.2, 0) is 6.42 Å². The summed E-state index contributed by atoms with van der Waals surface area (Å²) in [5.74, 6) is 1.11. The maximum absolute atomic E-state index is 12.9. The van der Waals surface area contributed by atoms with Crippen LogP contribution in [0.2, 0.25) is 0 Å². The van der Waals surface area contributed by atoms with Gasteiger partial charge >= 0.3 is 12.4 Å². The van der Waals surface area contributed by atoms with Gasteiger partial charge in [-0.15, -0.1) is 18.3 Å². The van der Waals surface area contributed by atoms with Crippen LogP contribution in [0.4, 0.5) is 23.7 Å². The fraction of sp³-hybridized carbons (Fsp3) is 0.312. The molecular formula is C32H33F3N6O2S. The maximum atomic E-state index is 12.9. The molecule has 12 heteroatoms. The summed E-state index contributed by atoms with van der Waals surface area (Å²) in [6, 6.07) is 21.3. The molecule has 8 nitrogen and oxygen atoms in total. The Morgan fingerprint density at radius 2 is 1.84 bits per heavy atom. The molecule has 1 saturated heterocycles. The lowest BCUT2D eigenvalue weighted by Gasteiger charge is -2.36. The van der Waals surface area contributed by atoms with Crippen LogP contribution in [0.25, 0.3) is 17.1 Å². The van der Waals surface area contributed by atoms with Crippen LogP contribution in [0.15, 0.2) is 84.1 Å². The highest BCUT2D eigenvalue weighted by Gasteiger charge is 2.31. The van der Waals surface area contributed by atoms with Crippen LogP contribution in [0.1, 0.15) is 44.2 Å². The summed E-state index contributed by atoms with van der Waals surface area (Å²) in [5.41, 5.74) is 4.68. The van der Waals surface area contributed by atoms with Crippen molar-refractivity contribution >= 4 is 28.6 Å². The van der Waals surface area contributed by atoms with Crippen molar-refractivity contribution in [2.75, 3.05) is 17.2 Å². The van der Waals surface area contributed by atoms with Gasteiger partial charge in [0.05, 0.1) is 5.69 Å². The zero-order valence-corrected chi connectivity index (χ0v) is 25.4. The maximum Gasteiger partial charge on any atom is 0.573 e. The molecule has 0 radical (unpaired) electrons. The SMILES string of the molecule is CCc1ccccc1N1C(=NC(=O)NCC(C)c2ccc(-c3ncn(-c4ccc(OC(F)(F)F)cc4)n3)cc2)SCCC1C. The van der Waals surface area contributed by atoms with Crippen LogP contribution in [0.5, 0.6) is 5.75 Å². The van der Waals surface area contributed by atoms with Crippen molar-refractivity contribution in [1.29, 1.82) is 0 Å². The number of aryl methyl sites for hydroxylation is 1. The van der Waals surface area contributed by atoms with E-state index in [-0.39, 0.29) is 23.7 Å². The van der Waals surface area contributed by atoms with Crippen LogP contribution < -0.4 is 15.0 Å². The van der Waals surface area contributed by atoms with Crippen molar-refractivity contribution in [3.63, 3.8) is 0 Å². The number of carbonyl (C=O) groups is 1. The van der Waals surface area contributed by atoms with E-state index in [1.807, 2.05) is 43.3 Å². The lowest BCUT2D eigenvalue weighted by Crippen LogP contribution is -2.42. The van der Waals surface area contributed by atoms with Gasteiger partial charge in [0.15, 0.2) is 11.0 Å². The van der Waals surface area contributed by atoms with E-state index in [2.05, 4.69) is 56.0 Å². The predicted octanol–water partition coefficient (Wildman–Crippen LogP) is 7.60. The molecule has 0 spiro atoms. The fourth-order valence-corrected chi connectivity index (χ4v) is 6.15. The smallest absolute Gasteiger partial charge is 0.406 e. The molecule has 44 heavy (non-hydrogen) atoms. The number of ether oxygens (including phenoxy) is 1. The number of amidine groups is 1. The monoisotopic (exact) mass is 622 g/mol. The molecule has 1 fully saturated rings. The molecule has 0 bridgehead atoms. The molecular weight excluding hydrogens is 589 g/mol. The van der Waals surface area contributed by atoms with Gasteiger partial charge in [0.2, 0.25) is 0 Å². The van der Waals surface area contributed by atoms with E-state index < -0.39 is 6.36 Å². The second-order valence-corrected chi connectivity index (χ2v) is 11.6. The van der Waals surface area contributed by atoms with E-state index in [0.717, 1.165) is 40.6 Å². The Hall–Kier alpha value is -4.32. The number of rotatable bonds is 8. The molecule has 5 rings (SSSR count). The van der Waals surface area contributed by atoms with Crippen LogP contribution in [-0.4, -0.2) is 50.7 Å². The van der Waals surface area contributed by atoms with E-state index in [9.17, 15) is 18.0 Å². The van der Waals surface area contributed by atoms with Gasteiger partial charge in [0, 0.05) is 29.6 Å². The molecule has 1 aliphatic heterocycles. The number of carbonyl (C=O) groups excluding carboxylic acids is 1. The average Bonchev–Trinajstić information content (AvgIpc) is 3.50. The van der Waals surface area contributed by atoms with Crippen molar-refractivity contribution in [2.24, 2.45) is 4.99 Å². The molecule has 0 saturated carbocycles. The minimum absolute atomic E-state index is 0.0333. The molecule has 1 aliphatic rings. The first-order chi connectivity index (χ1) is 21.1. The number of nitrogens with zero attached hydrogens (tertiary/aromatic N) is 5. The van der Waals surface area contributed by atoms with Gasteiger partial charge in [0.25, 0.3) is 0 Å². The van der Waals surface area contributed by atoms with E-state index in [0.29, 0.717) is 18.1 Å². The molecule has 2 amide bonds. The van der Waals surface area contributed by atoms with E-state index in [4.69, 9.17) is 0 Å². The largest absolute Gasteiger partial charge is 0.573 e. The van der Waals surface area contributed by atoms with Crippen molar-refractivity contribution in [3.8, 4) is 22.8 Å². The third kappa shape index (κ3) is 7.60. The first kappa shape index (κ1) is 31.1. The summed E-state index contributed by atoms with van der Waals surface area (Å²) in [6.07, 6.45) is -1.34. The molecule has 230 valence electrons. The highest BCUT2D eigenvalue weighted by molar-refractivity contribution is 8.14. The van der Waals surface area contributed by atoms with Crippen molar-refractivity contribution in [1.82, 2.24) is 20.1 Å². The van der Waals surface area contributed by atoms with Crippen LogP contribution in [0.3, 0.4) is 0 Å². The van der Waals surface area contributed by atoms with Crippen LogP contribution >= 0.6 is 11.8 Å². The molecule has 1 N–H and O–H groups in total. The number of amides is 2. The van der Waals surface area contributed by atoms with Crippen LogP contribution in [0, 0.1) is 0 Å². The zero-order valence-electron chi connectivity index (χ0n) is 24.6. The van der Waals surface area contributed by atoms with E-state index >= 15 is 0 Å². The second-order valence-electron chi connectivity index (χ2n) is 10.5. The third-order valence-corrected chi connectivity index (χ3v) is 8.35. The molecule has 4 aromatic rings. The third-order valence-electron chi connectivity index (χ3n) is 7.37. The number of benzene rings is 3. The number of anilines is 1. The summed E-state index contributed by atoms with van der Waals surface area (Å²) in [6.45, 7) is 6.74. The number of halogens is 3. The fourth-order valence-electron chi connectivity index (χ4n) is 4.95. The first-order valence-corrected chi connectivity index (χ1v) is 15.3. The molecule has 2 atom stereocenters. The lowest BCUT2D eigenvalue weighted by atomic mass is 10.00. The highest BCUT2D eigenvalue weighted by atomic mass is 32.2. The van der Waals surface area contributed by atoms with Gasteiger partial charge < -0.3 is 15.0 Å². The molecule has 2 heterocycles. The van der Waals surface area contributed by atoms with Crippen molar-refractivity contribution in [3.05, 3.63) is 90.3 Å². The topological polar surface area (TPSA) is 84.6 Å². The quantitative estimate of drug-likeness (QED) is 0.218. The minimum Gasteiger partial charge on any atom is -0.406 e. The molecule has 0 aliphatic carbocycles. The molecule has 1 aromatic heterocycles. The Morgan fingerprint density at radius 3 is 2.55 bits per heavy atom. The zero-order chi connectivity index (χ0) is 31.3. The summed E-state index contributed by atoms with van der Waals surface area (Å²) >= 11 is 1.61. The Labute approximate surface area is 258 Å². The summed E-state index contributed by atoms with van der Waals surface area (Å²) < 4.78 is 42.7. The van der Waals surface area contributed by atoms with E-state index in [1.165, 1.54) is 40.8 Å². The van der Waals surface area contributed by atoms with E-state index in [1.54, 1.807) is 11.8 Å². The Kier molecular flexibility index (Phi) is 9.58. The van der Waals surface area contributed by atoms with Gasteiger partial charge in [-0.2, -0.15) is 4.99 Å². The summed E-state index contributed by atoms with van der Waals surface area (Å²) in [7, 11) is 0. The second kappa shape index (κ2) is 13.5. The highest BCUT2D eigenvalue weighted by Crippen LogP contribution is 2.32. The molecule has 3 aromatic carbocycles. The number of para-hydroxylation sites is 1. The lowest BCUT2D eigenvalue weighted by molar-refractivity contribution is -0.274. The van der Waals surface area contributed by atoms with Crippen molar-refractivity contribution in [2.45, 2.75) is 51.9 Å². The van der Waals surface area contributed by atoms with Gasteiger partial charge in [-0.3, -0.25) is 0 Å². The first-order valence-electron chi connectivity index (χ1n) is 14.4. The predicted molar refractivity (Wildman–Crippen MR) is 168 cm³/mol. The van der Waals surface area contributed by atoms with Gasteiger partial charge in [-0.25, -0.2) is 14.5 Å². The number of thioether (sulfide) groups is 1. The number of alkyl halides is 3. The van der Waals surface area contributed by atoms with Crippen molar-refractivity contribution < 1.29 is 22.7 Å². The Bertz CT molecular complexity index is 1610. The van der Waals surface area contributed by atoms with Gasteiger partial charge in [-0.05, 0) is 67.1 Å². The standard InChI is InChI=1S/C32H33F3N6O2S/c1-4-23-7-5-6-8-28(23)41-22(3)17-18-44-31(41)38-30(42)36-19-21(2)24-9-11-25(12-10-24)29-37-20-40(39-29)26-13-15-27(16-14-26)43-32(33,34)35/h5-16,20-22H,4,17-19H2,1-3H3,(H,36,42). The summed E-state index contributed by atoms with van der Waals surface area (Å²) in [5, 5.41) is 8.13. The number of urea groups is 1. The average molecular weight is 623 g/mol. The number of hydrogen-bond donors (Lipinski definition) is 1. The number of aromatic nitrogens is 3.